The second-order valence-electron chi connectivity index (χ2n) is 5.47. The second-order valence-corrected chi connectivity index (χ2v) is 5.47. The van der Waals surface area contributed by atoms with Crippen LogP contribution in [-0.2, 0) is 11.3 Å². The lowest BCUT2D eigenvalue weighted by molar-refractivity contribution is 0.102. The zero-order valence-corrected chi connectivity index (χ0v) is 13.6. The quantitative estimate of drug-likeness (QED) is 0.917. The average Bonchev–Trinajstić information content (AvgIpc) is 2.63. The van der Waals surface area contributed by atoms with Crippen LogP contribution in [0.5, 0.6) is 0 Å². The van der Waals surface area contributed by atoms with Gasteiger partial charge in [0.25, 0.3) is 11.5 Å². The number of carbonyl (C=O) groups excluding carboxylic acids is 1. The van der Waals surface area contributed by atoms with Crippen molar-refractivity contribution in [2.24, 2.45) is 0 Å². The number of aromatic nitrogens is 2. The van der Waals surface area contributed by atoms with Gasteiger partial charge in [0.05, 0.1) is 13.2 Å². The number of nitrogens with one attached hydrogen (secondary N) is 1. The molecule has 7 nitrogen and oxygen atoms in total. The Balaban J connectivity index is 1.69. The van der Waals surface area contributed by atoms with Crippen molar-refractivity contribution in [3.05, 3.63) is 52.4 Å². The highest BCUT2D eigenvalue weighted by atomic mass is 16.5. The van der Waals surface area contributed by atoms with Crippen molar-refractivity contribution in [2.75, 3.05) is 36.5 Å². The fraction of sp³-hybridized carbons (Fsp3) is 0.353. The summed E-state index contributed by atoms with van der Waals surface area (Å²) in [4.78, 5) is 26.0. The van der Waals surface area contributed by atoms with Crippen LogP contribution in [0.25, 0.3) is 0 Å². The van der Waals surface area contributed by atoms with Gasteiger partial charge in [0, 0.05) is 37.1 Å². The molecule has 0 spiro atoms. The van der Waals surface area contributed by atoms with Crippen LogP contribution in [0, 0.1) is 0 Å². The number of amides is 1. The fourth-order valence-electron chi connectivity index (χ4n) is 2.57. The van der Waals surface area contributed by atoms with Crippen LogP contribution >= 0.6 is 0 Å². The van der Waals surface area contributed by atoms with Crippen molar-refractivity contribution >= 4 is 17.3 Å². The zero-order valence-electron chi connectivity index (χ0n) is 13.6. The van der Waals surface area contributed by atoms with E-state index < -0.39 is 0 Å². The van der Waals surface area contributed by atoms with Gasteiger partial charge in [0.15, 0.2) is 0 Å². The Labute approximate surface area is 139 Å². The summed E-state index contributed by atoms with van der Waals surface area (Å²) in [5, 5.41) is 6.85. The van der Waals surface area contributed by atoms with E-state index in [1.165, 1.54) is 16.8 Å². The van der Waals surface area contributed by atoms with Crippen LogP contribution in [-0.4, -0.2) is 42.0 Å². The molecule has 2 heterocycles. The molecule has 0 bridgehead atoms. The van der Waals surface area contributed by atoms with Crippen LogP contribution in [0.3, 0.4) is 0 Å². The molecule has 0 radical (unpaired) electrons. The van der Waals surface area contributed by atoms with E-state index >= 15 is 0 Å². The molecule has 2 aromatic rings. The zero-order chi connectivity index (χ0) is 16.9. The molecule has 1 amide bonds. The van der Waals surface area contributed by atoms with E-state index in [2.05, 4.69) is 15.3 Å². The molecule has 0 saturated carbocycles. The number of anilines is 2. The summed E-state index contributed by atoms with van der Waals surface area (Å²) in [6, 6.07) is 10.5. The van der Waals surface area contributed by atoms with E-state index in [0.717, 1.165) is 32.0 Å². The number of rotatable bonds is 4. The number of aryl methyl sites for hydroxylation is 1. The maximum absolute atomic E-state index is 12.3. The lowest BCUT2D eigenvalue weighted by atomic mass is 10.2. The molecule has 24 heavy (non-hydrogen) atoms. The molecular weight excluding hydrogens is 308 g/mol. The molecule has 3 rings (SSSR count). The van der Waals surface area contributed by atoms with Crippen molar-refractivity contribution in [2.45, 2.75) is 13.5 Å². The number of ether oxygens (including phenoxy) is 1. The van der Waals surface area contributed by atoms with Crippen molar-refractivity contribution < 1.29 is 9.53 Å². The van der Waals surface area contributed by atoms with E-state index in [0.29, 0.717) is 12.2 Å². The Kier molecular flexibility index (Phi) is 4.90. The smallest absolute Gasteiger partial charge is 0.276 e. The number of carbonyl (C=O) groups is 1. The highest BCUT2D eigenvalue weighted by Crippen LogP contribution is 2.19. The number of hydrogen-bond donors (Lipinski definition) is 1. The van der Waals surface area contributed by atoms with Gasteiger partial charge in [-0.1, -0.05) is 0 Å². The van der Waals surface area contributed by atoms with Crippen LogP contribution in [0.2, 0.25) is 0 Å². The summed E-state index contributed by atoms with van der Waals surface area (Å²) in [5.74, 6) is -0.337. The first kappa shape index (κ1) is 16.2. The topological polar surface area (TPSA) is 76.5 Å². The normalized spacial score (nSPS) is 14.5. The standard InChI is InChI=1S/C17H20N4O3/c1-2-21-16(22)8-7-15(19-21)17(23)18-13-3-5-14(6-4-13)20-9-11-24-12-10-20/h3-8H,2,9-12H2,1H3,(H,18,23). The molecule has 126 valence electrons. The average molecular weight is 328 g/mol. The van der Waals surface area contributed by atoms with E-state index in [9.17, 15) is 9.59 Å². The Morgan fingerprint density at radius 2 is 1.88 bits per heavy atom. The van der Waals surface area contributed by atoms with Crippen molar-refractivity contribution in [3.63, 3.8) is 0 Å². The van der Waals surface area contributed by atoms with Crippen molar-refractivity contribution in [1.29, 1.82) is 0 Å². The largest absolute Gasteiger partial charge is 0.378 e. The Morgan fingerprint density at radius 3 is 2.54 bits per heavy atom. The Hall–Kier alpha value is -2.67. The first-order chi connectivity index (χ1) is 11.7. The van der Waals surface area contributed by atoms with Gasteiger partial charge in [0.2, 0.25) is 0 Å². The first-order valence-electron chi connectivity index (χ1n) is 7.99. The third-order valence-corrected chi connectivity index (χ3v) is 3.90. The van der Waals surface area contributed by atoms with Gasteiger partial charge in [-0.25, -0.2) is 4.68 Å². The molecule has 0 unspecified atom stereocenters. The minimum Gasteiger partial charge on any atom is -0.378 e. The maximum atomic E-state index is 12.3. The summed E-state index contributed by atoms with van der Waals surface area (Å²) < 4.78 is 6.60. The number of nitrogens with zero attached hydrogens (tertiary/aromatic N) is 3. The van der Waals surface area contributed by atoms with E-state index in [4.69, 9.17) is 4.74 Å². The van der Waals surface area contributed by atoms with Gasteiger partial charge in [-0.3, -0.25) is 9.59 Å². The third-order valence-electron chi connectivity index (χ3n) is 3.90. The van der Waals surface area contributed by atoms with E-state index in [1.807, 2.05) is 24.3 Å². The summed E-state index contributed by atoms with van der Waals surface area (Å²) >= 11 is 0. The van der Waals surface area contributed by atoms with Gasteiger partial charge >= 0.3 is 0 Å². The lowest BCUT2D eigenvalue weighted by Gasteiger charge is -2.28. The molecule has 7 heteroatoms. The monoisotopic (exact) mass is 328 g/mol. The van der Waals surface area contributed by atoms with E-state index in [-0.39, 0.29) is 17.2 Å². The summed E-state index contributed by atoms with van der Waals surface area (Å²) in [6.45, 7) is 5.44. The van der Waals surface area contributed by atoms with Gasteiger partial charge in [0.1, 0.15) is 5.69 Å². The highest BCUT2D eigenvalue weighted by molar-refractivity contribution is 6.02. The predicted molar refractivity (Wildman–Crippen MR) is 91.6 cm³/mol. The SMILES string of the molecule is CCn1nc(C(=O)Nc2ccc(N3CCOCC3)cc2)ccc1=O. The van der Waals surface area contributed by atoms with Gasteiger partial charge < -0.3 is 15.0 Å². The summed E-state index contributed by atoms with van der Waals surface area (Å²) in [7, 11) is 0. The van der Waals surface area contributed by atoms with Gasteiger partial charge in [-0.05, 0) is 37.3 Å². The molecule has 1 aliphatic heterocycles. The predicted octanol–water partition coefficient (Wildman–Crippen LogP) is 1.35. The molecular formula is C17H20N4O3. The minimum atomic E-state index is -0.337. The second kappa shape index (κ2) is 7.27. The van der Waals surface area contributed by atoms with Crippen molar-refractivity contribution in [3.8, 4) is 0 Å². The molecule has 0 atom stereocenters. The van der Waals surface area contributed by atoms with Gasteiger partial charge in [-0.15, -0.1) is 0 Å². The first-order valence-corrected chi connectivity index (χ1v) is 7.99. The Morgan fingerprint density at radius 1 is 1.17 bits per heavy atom. The molecule has 1 N–H and O–H groups in total. The lowest BCUT2D eigenvalue weighted by Crippen LogP contribution is -2.36. The third kappa shape index (κ3) is 3.62. The minimum absolute atomic E-state index is 0.216. The van der Waals surface area contributed by atoms with Crippen LogP contribution < -0.4 is 15.8 Å². The number of morpholine rings is 1. The highest BCUT2D eigenvalue weighted by Gasteiger charge is 2.12. The van der Waals surface area contributed by atoms with Crippen LogP contribution in [0.1, 0.15) is 17.4 Å². The molecule has 1 fully saturated rings. The molecule has 1 aromatic heterocycles. The number of benzene rings is 1. The molecule has 1 saturated heterocycles. The van der Waals surface area contributed by atoms with Crippen LogP contribution in [0.4, 0.5) is 11.4 Å². The molecule has 1 aliphatic rings. The molecule has 1 aromatic carbocycles. The summed E-state index contributed by atoms with van der Waals surface area (Å²) in [6.07, 6.45) is 0. The summed E-state index contributed by atoms with van der Waals surface area (Å²) in [5.41, 5.74) is 1.79. The van der Waals surface area contributed by atoms with Gasteiger partial charge in [-0.2, -0.15) is 5.10 Å². The fourth-order valence-corrected chi connectivity index (χ4v) is 2.57. The van der Waals surface area contributed by atoms with E-state index in [1.54, 1.807) is 6.92 Å². The Bertz CT molecular complexity index is 764. The van der Waals surface area contributed by atoms with Crippen molar-refractivity contribution in [1.82, 2.24) is 9.78 Å². The van der Waals surface area contributed by atoms with Crippen LogP contribution in [0.15, 0.2) is 41.2 Å². The molecule has 0 aliphatic carbocycles. The number of hydrogen-bond acceptors (Lipinski definition) is 5. The maximum Gasteiger partial charge on any atom is 0.276 e.